The lowest BCUT2D eigenvalue weighted by atomic mass is 10.1. The SMILES string of the molecule is COc1ccc(OC2CCN(C(=O)c3ccccc3C)C2)nn1. The number of carbonyl (C=O) groups is 1. The summed E-state index contributed by atoms with van der Waals surface area (Å²) in [4.78, 5) is 14.4. The van der Waals surface area contributed by atoms with Gasteiger partial charge in [0.2, 0.25) is 11.8 Å². The van der Waals surface area contributed by atoms with E-state index in [-0.39, 0.29) is 12.0 Å². The maximum atomic E-state index is 12.6. The number of amides is 1. The van der Waals surface area contributed by atoms with Crippen molar-refractivity contribution in [1.82, 2.24) is 15.1 Å². The Kier molecular flexibility index (Phi) is 4.41. The predicted octanol–water partition coefficient (Wildman–Crippen LogP) is 2.09. The number of aryl methyl sites for hydroxylation is 1. The summed E-state index contributed by atoms with van der Waals surface area (Å²) >= 11 is 0. The Morgan fingerprint density at radius 1 is 1.17 bits per heavy atom. The van der Waals surface area contributed by atoms with Crippen molar-refractivity contribution in [3.63, 3.8) is 0 Å². The summed E-state index contributed by atoms with van der Waals surface area (Å²) in [5, 5.41) is 7.83. The molecule has 23 heavy (non-hydrogen) atoms. The van der Waals surface area contributed by atoms with Crippen LogP contribution in [0.3, 0.4) is 0 Å². The summed E-state index contributed by atoms with van der Waals surface area (Å²) < 4.78 is 10.8. The van der Waals surface area contributed by atoms with Gasteiger partial charge in [0.15, 0.2) is 0 Å². The smallest absolute Gasteiger partial charge is 0.254 e. The fraction of sp³-hybridized carbons (Fsp3) is 0.353. The van der Waals surface area contributed by atoms with Crippen LogP contribution in [0, 0.1) is 6.92 Å². The lowest BCUT2D eigenvalue weighted by Gasteiger charge is -2.18. The first kappa shape index (κ1) is 15.3. The van der Waals surface area contributed by atoms with Crippen LogP contribution in [-0.2, 0) is 0 Å². The first-order valence-corrected chi connectivity index (χ1v) is 7.56. The molecule has 0 spiro atoms. The van der Waals surface area contributed by atoms with E-state index in [9.17, 15) is 4.79 Å². The zero-order valence-electron chi connectivity index (χ0n) is 13.2. The molecule has 1 aromatic carbocycles. The van der Waals surface area contributed by atoms with E-state index in [0.717, 1.165) is 17.5 Å². The van der Waals surface area contributed by atoms with Crippen molar-refractivity contribution in [2.45, 2.75) is 19.4 Å². The zero-order valence-corrected chi connectivity index (χ0v) is 13.2. The standard InChI is InChI=1S/C17H19N3O3/c1-12-5-3-4-6-14(12)17(21)20-10-9-13(11-20)23-16-8-7-15(22-2)18-19-16/h3-8,13H,9-11H2,1-2H3. The summed E-state index contributed by atoms with van der Waals surface area (Å²) in [6.07, 6.45) is 0.719. The van der Waals surface area contributed by atoms with Crippen molar-refractivity contribution in [3.05, 3.63) is 47.5 Å². The van der Waals surface area contributed by atoms with E-state index < -0.39 is 0 Å². The van der Waals surface area contributed by atoms with E-state index in [1.165, 1.54) is 7.11 Å². The molecule has 2 heterocycles. The molecule has 0 bridgehead atoms. The average Bonchev–Trinajstić information content (AvgIpc) is 3.04. The number of methoxy groups -OCH3 is 1. The van der Waals surface area contributed by atoms with Crippen molar-refractivity contribution < 1.29 is 14.3 Å². The van der Waals surface area contributed by atoms with Gasteiger partial charge in [0.05, 0.1) is 13.7 Å². The lowest BCUT2D eigenvalue weighted by Crippen LogP contribution is -2.31. The van der Waals surface area contributed by atoms with Crippen LogP contribution in [0.25, 0.3) is 0 Å². The van der Waals surface area contributed by atoms with Crippen molar-refractivity contribution in [2.75, 3.05) is 20.2 Å². The summed E-state index contributed by atoms with van der Waals surface area (Å²) in [7, 11) is 1.54. The molecule has 0 aliphatic carbocycles. The largest absolute Gasteiger partial charge is 0.480 e. The number of likely N-dealkylation sites (tertiary alicyclic amines) is 1. The monoisotopic (exact) mass is 313 g/mol. The van der Waals surface area contributed by atoms with Crippen LogP contribution < -0.4 is 9.47 Å². The number of benzene rings is 1. The third-order valence-electron chi connectivity index (χ3n) is 3.92. The van der Waals surface area contributed by atoms with Crippen LogP contribution in [0.15, 0.2) is 36.4 Å². The number of hydrogen-bond acceptors (Lipinski definition) is 5. The molecule has 1 fully saturated rings. The molecule has 0 radical (unpaired) electrons. The highest BCUT2D eigenvalue weighted by Gasteiger charge is 2.29. The van der Waals surface area contributed by atoms with Gasteiger partial charge in [-0.15, -0.1) is 10.2 Å². The van der Waals surface area contributed by atoms with Crippen LogP contribution in [0.1, 0.15) is 22.3 Å². The van der Waals surface area contributed by atoms with E-state index in [4.69, 9.17) is 9.47 Å². The molecule has 3 rings (SSSR count). The molecular formula is C17H19N3O3. The van der Waals surface area contributed by atoms with Gasteiger partial charge in [-0.05, 0) is 18.6 Å². The predicted molar refractivity (Wildman–Crippen MR) is 84.7 cm³/mol. The maximum absolute atomic E-state index is 12.6. The Morgan fingerprint density at radius 3 is 2.61 bits per heavy atom. The second kappa shape index (κ2) is 6.64. The van der Waals surface area contributed by atoms with Crippen LogP contribution >= 0.6 is 0 Å². The van der Waals surface area contributed by atoms with Gasteiger partial charge in [-0.2, -0.15) is 0 Å². The van der Waals surface area contributed by atoms with Crippen molar-refractivity contribution in [1.29, 1.82) is 0 Å². The van der Waals surface area contributed by atoms with Crippen LogP contribution in [0.4, 0.5) is 0 Å². The number of carbonyl (C=O) groups excluding carboxylic acids is 1. The van der Waals surface area contributed by atoms with Crippen LogP contribution in [-0.4, -0.2) is 47.3 Å². The second-order valence-corrected chi connectivity index (χ2v) is 5.51. The first-order chi connectivity index (χ1) is 11.2. The minimum atomic E-state index is -0.0642. The molecule has 6 nitrogen and oxygen atoms in total. The summed E-state index contributed by atoms with van der Waals surface area (Å²) in [6, 6.07) is 11.1. The molecule has 1 amide bonds. The van der Waals surface area contributed by atoms with E-state index in [0.29, 0.717) is 24.8 Å². The second-order valence-electron chi connectivity index (χ2n) is 5.51. The van der Waals surface area contributed by atoms with E-state index >= 15 is 0 Å². The fourth-order valence-corrected chi connectivity index (χ4v) is 2.64. The molecule has 1 aliphatic rings. The minimum Gasteiger partial charge on any atom is -0.480 e. The Bertz CT molecular complexity index is 688. The normalized spacial score (nSPS) is 17.1. The highest BCUT2D eigenvalue weighted by molar-refractivity contribution is 5.95. The molecule has 1 aromatic heterocycles. The number of ether oxygens (including phenoxy) is 2. The van der Waals surface area contributed by atoms with Gasteiger partial charge in [0.1, 0.15) is 6.10 Å². The highest BCUT2D eigenvalue weighted by Crippen LogP contribution is 2.20. The zero-order chi connectivity index (χ0) is 16.2. The summed E-state index contributed by atoms with van der Waals surface area (Å²) in [5.74, 6) is 0.941. The number of nitrogens with zero attached hydrogens (tertiary/aromatic N) is 3. The topological polar surface area (TPSA) is 64.6 Å². The Balaban J connectivity index is 1.62. The van der Waals surface area contributed by atoms with E-state index in [1.54, 1.807) is 12.1 Å². The van der Waals surface area contributed by atoms with Gasteiger partial charge in [-0.3, -0.25) is 4.79 Å². The van der Waals surface area contributed by atoms with Gasteiger partial charge in [0, 0.05) is 30.7 Å². The quantitative estimate of drug-likeness (QED) is 0.865. The average molecular weight is 313 g/mol. The van der Waals surface area contributed by atoms with E-state index in [2.05, 4.69) is 10.2 Å². The third-order valence-corrected chi connectivity index (χ3v) is 3.92. The molecule has 0 saturated carbocycles. The van der Waals surface area contributed by atoms with Crippen molar-refractivity contribution >= 4 is 5.91 Å². The van der Waals surface area contributed by atoms with Gasteiger partial charge in [-0.25, -0.2) is 0 Å². The molecule has 1 atom stereocenters. The molecule has 120 valence electrons. The first-order valence-electron chi connectivity index (χ1n) is 7.56. The minimum absolute atomic E-state index is 0.0509. The summed E-state index contributed by atoms with van der Waals surface area (Å²) in [5.41, 5.74) is 1.74. The molecule has 1 saturated heterocycles. The molecular weight excluding hydrogens is 294 g/mol. The lowest BCUT2D eigenvalue weighted by molar-refractivity contribution is 0.0770. The van der Waals surface area contributed by atoms with Gasteiger partial charge >= 0.3 is 0 Å². The van der Waals surface area contributed by atoms with Crippen molar-refractivity contribution in [2.24, 2.45) is 0 Å². The van der Waals surface area contributed by atoms with Gasteiger partial charge in [-0.1, -0.05) is 18.2 Å². The maximum Gasteiger partial charge on any atom is 0.254 e. The molecule has 1 unspecified atom stereocenters. The summed E-state index contributed by atoms with van der Waals surface area (Å²) in [6.45, 7) is 3.19. The van der Waals surface area contributed by atoms with Gasteiger partial charge in [0.25, 0.3) is 5.91 Å². The Hall–Kier alpha value is -2.63. The number of hydrogen-bond donors (Lipinski definition) is 0. The highest BCUT2D eigenvalue weighted by atomic mass is 16.5. The third kappa shape index (κ3) is 3.41. The van der Waals surface area contributed by atoms with Gasteiger partial charge < -0.3 is 14.4 Å². The fourth-order valence-electron chi connectivity index (χ4n) is 2.64. The molecule has 0 N–H and O–H groups in total. The van der Waals surface area contributed by atoms with Crippen molar-refractivity contribution in [3.8, 4) is 11.8 Å². The van der Waals surface area contributed by atoms with E-state index in [1.807, 2.05) is 36.1 Å². The number of aromatic nitrogens is 2. The molecule has 6 heteroatoms. The van der Waals surface area contributed by atoms with Crippen LogP contribution in [0.5, 0.6) is 11.8 Å². The molecule has 2 aromatic rings. The molecule has 1 aliphatic heterocycles. The number of rotatable bonds is 4. The Morgan fingerprint density at radius 2 is 1.91 bits per heavy atom. The Labute approximate surface area is 135 Å². The van der Waals surface area contributed by atoms with Crippen LogP contribution in [0.2, 0.25) is 0 Å².